The first kappa shape index (κ1) is 27.9. The van der Waals surface area contributed by atoms with Crippen LogP contribution in [0.3, 0.4) is 0 Å². The zero-order valence-electron chi connectivity index (χ0n) is 22.0. The Morgan fingerprint density at radius 3 is 2.21 bits per heavy atom. The van der Waals surface area contributed by atoms with Gasteiger partial charge in [0.15, 0.2) is 0 Å². The zero-order chi connectivity index (χ0) is 27.8. The number of rotatable bonds is 11. The third kappa shape index (κ3) is 6.83. The molecule has 4 rings (SSSR count). The minimum atomic E-state index is -4.20. The minimum Gasteiger partial charge on any atom is -0.497 e. The number of aryl methyl sites for hydroxylation is 1. The molecule has 1 atom stereocenters. The van der Waals surface area contributed by atoms with E-state index in [2.05, 4.69) is 4.72 Å². The fourth-order valence-corrected chi connectivity index (χ4v) is 5.58. The molecular formula is C31H32N2O5S. The number of hydrogen-bond acceptors (Lipinski definition) is 5. The van der Waals surface area contributed by atoms with Crippen molar-refractivity contribution < 1.29 is 22.7 Å². The van der Waals surface area contributed by atoms with Crippen LogP contribution in [-0.2, 0) is 26.0 Å². The molecule has 0 aliphatic carbocycles. The van der Waals surface area contributed by atoms with Crippen molar-refractivity contribution >= 4 is 38.3 Å². The van der Waals surface area contributed by atoms with E-state index in [0.29, 0.717) is 25.1 Å². The second-order valence-electron chi connectivity index (χ2n) is 9.19. The maximum absolute atomic E-state index is 13.7. The van der Waals surface area contributed by atoms with Gasteiger partial charge in [-0.25, -0.2) is 13.1 Å². The van der Waals surface area contributed by atoms with Gasteiger partial charge in [-0.05, 0) is 78.9 Å². The Labute approximate surface area is 229 Å². The van der Waals surface area contributed by atoms with E-state index in [-0.39, 0.29) is 11.3 Å². The van der Waals surface area contributed by atoms with Gasteiger partial charge in [0, 0.05) is 12.2 Å². The van der Waals surface area contributed by atoms with Gasteiger partial charge in [0.25, 0.3) is 10.0 Å². The average Bonchev–Trinajstić information content (AvgIpc) is 2.96. The Morgan fingerprint density at radius 1 is 0.872 bits per heavy atom. The van der Waals surface area contributed by atoms with Crippen molar-refractivity contribution in [3.63, 3.8) is 0 Å². The van der Waals surface area contributed by atoms with Gasteiger partial charge in [-0.15, -0.1) is 0 Å². The summed E-state index contributed by atoms with van der Waals surface area (Å²) < 4.78 is 33.8. The van der Waals surface area contributed by atoms with Crippen LogP contribution in [0.15, 0.2) is 102 Å². The van der Waals surface area contributed by atoms with Crippen LogP contribution >= 0.6 is 0 Å². The van der Waals surface area contributed by atoms with Crippen molar-refractivity contribution in [1.29, 1.82) is 0 Å². The van der Waals surface area contributed by atoms with Crippen LogP contribution in [0.5, 0.6) is 5.75 Å². The lowest BCUT2D eigenvalue weighted by atomic mass is 9.97. The Hall–Kier alpha value is -4.17. The molecule has 7 nitrogen and oxygen atoms in total. The third-order valence-corrected chi connectivity index (χ3v) is 7.99. The number of nitrogens with one attached hydrogen (secondary N) is 1. The van der Waals surface area contributed by atoms with E-state index in [1.165, 1.54) is 17.0 Å². The largest absolute Gasteiger partial charge is 0.497 e. The minimum absolute atomic E-state index is 0.0330. The molecule has 1 N–H and O–H groups in total. The molecule has 0 aromatic heterocycles. The van der Waals surface area contributed by atoms with Crippen LogP contribution in [-0.4, -0.2) is 33.9 Å². The molecule has 4 aromatic rings. The normalized spacial score (nSPS) is 12.1. The fourth-order valence-electron chi connectivity index (χ4n) is 4.53. The van der Waals surface area contributed by atoms with Crippen molar-refractivity contribution in [3.8, 4) is 5.75 Å². The summed E-state index contributed by atoms with van der Waals surface area (Å²) in [4.78, 5) is 28.6. The van der Waals surface area contributed by atoms with Crippen LogP contribution in [0.4, 0.5) is 5.69 Å². The molecule has 0 spiro atoms. The maximum atomic E-state index is 13.7. The quantitative estimate of drug-likeness (QED) is 0.257. The summed E-state index contributed by atoms with van der Waals surface area (Å²) >= 11 is 0. The molecule has 0 heterocycles. The molecule has 0 bridgehead atoms. The maximum Gasteiger partial charge on any atom is 0.264 e. The van der Waals surface area contributed by atoms with Crippen molar-refractivity contribution in [2.24, 2.45) is 5.92 Å². The summed E-state index contributed by atoms with van der Waals surface area (Å²) in [7, 11) is -2.60. The van der Waals surface area contributed by atoms with Crippen molar-refractivity contribution in [2.45, 2.75) is 31.1 Å². The number of fused-ring (bicyclic) bond motifs is 1. The lowest BCUT2D eigenvalue weighted by Gasteiger charge is -2.26. The Morgan fingerprint density at radius 2 is 1.54 bits per heavy atom. The number of ether oxygens (including phenoxy) is 1. The predicted molar refractivity (Wildman–Crippen MR) is 153 cm³/mol. The van der Waals surface area contributed by atoms with Crippen LogP contribution in [0.25, 0.3) is 10.8 Å². The van der Waals surface area contributed by atoms with E-state index in [9.17, 15) is 18.0 Å². The number of carbonyl (C=O) groups is 2. The molecule has 39 heavy (non-hydrogen) atoms. The fraction of sp³-hybridized carbons (Fsp3) is 0.226. The molecule has 0 radical (unpaired) electrons. The van der Waals surface area contributed by atoms with Gasteiger partial charge in [0.1, 0.15) is 11.7 Å². The Kier molecular flexibility index (Phi) is 8.99. The molecular weight excluding hydrogens is 512 g/mol. The van der Waals surface area contributed by atoms with Gasteiger partial charge in [0.2, 0.25) is 11.8 Å². The van der Waals surface area contributed by atoms with Crippen molar-refractivity contribution in [3.05, 3.63) is 103 Å². The monoisotopic (exact) mass is 544 g/mol. The lowest BCUT2D eigenvalue weighted by Crippen LogP contribution is -2.45. The number of amides is 2. The molecule has 0 aliphatic rings. The van der Waals surface area contributed by atoms with Crippen molar-refractivity contribution in [1.82, 2.24) is 4.72 Å². The van der Waals surface area contributed by atoms with Gasteiger partial charge in [0.05, 0.1) is 12.0 Å². The van der Waals surface area contributed by atoms with E-state index in [0.717, 1.165) is 22.1 Å². The molecule has 0 saturated heterocycles. The number of carbonyl (C=O) groups excluding carboxylic acids is 2. The van der Waals surface area contributed by atoms with Crippen molar-refractivity contribution in [2.75, 3.05) is 18.6 Å². The van der Waals surface area contributed by atoms with Gasteiger partial charge >= 0.3 is 0 Å². The van der Waals surface area contributed by atoms with Crippen LogP contribution in [0.1, 0.15) is 25.3 Å². The highest BCUT2D eigenvalue weighted by Crippen LogP contribution is 2.23. The van der Waals surface area contributed by atoms with E-state index in [1.54, 1.807) is 31.4 Å². The second-order valence-corrected chi connectivity index (χ2v) is 10.9. The topological polar surface area (TPSA) is 92.8 Å². The number of methoxy groups -OCH3 is 1. The first-order chi connectivity index (χ1) is 18.8. The Balaban J connectivity index is 1.56. The first-order valence-corrected chi connectivity index (χ1v) is 14.4. The number of nitrogens with zero attached hydrogens (tertiary/aromatic N) is 1. The number of anilines is 1. The first-order valence-electron chi connectivity index (χ1n) is 12.9. The SMILES string of the molecule is CCN(C(=O)C(CCCc1ccc(OC)cc1)C(=O)NS(=O)(=O)c1ccc2ccccc2c1)c1ccccc1. The highest BCUT2D eigenvalue weighted by atomic mass is 32.2. The van der Waals surface area contributed by atoms with Gasteiger partial charge in [-0.2, -0.15) is 0 Å². The summed E-state index contributed by atoms with van der Waals surface area (Å²) in [6, 6.07) is 28.7. The molecule has 202 valence electrons. The van der Waals surface area contributed by atoms with E-state index in [1.807, 2.05) is 67.6 Å². The third-order valence-electron chi connectivity index (χ3n) is 6.65. The lowest BCUT2D eigenvalue weighted by molar-refractivity contribution is -0.133. The highest BCUT2D eigenvalue weighted by Gasteiger charge is 2.33. The molecule has 8 heteroatoms. The van der Waals surface area contributed by atoms with Crippen LogP contribution < -0.4 is 14.4 Å². The molecule has 1 unspecified atom stereocenters. The van der Waals surface area contributed by atoms with E-state index in [4.69, 9.17) is 4.74 Å². The second kappa shape index (κ2) is 12.6. The molecule has 2 amide bonds. The van der Waals surface area contributed by atoms with E-state index >= 15 is 0 Å². The smallest absolute Gasteiger partial charge is 0.264 e. The van der Waals surface area contributed by atoms with Crippen LogP contribution in [0, 0.1) is 5.92 Å². The molecule has 0 fully saturated rings. The summed E-state index contributed by atoms with van der Waals surface area (Å²) in [5.41, 5.74) is 1.68. The predicted octanol–water partition coefficient (Wildman–Crippen LogP) is 5.35. The summed E-state index contributed by atoms with van der Waals surface area (Å²) in [6.07, 6.45) is 1.32. The Bertz CT molecular complexity index is 1540. The molecule has 0 aliphatic heterocycles. The van der Waals surface area contributed by atoms with Gasteiger partial charge in [-0.3, -0.25) is 9.59 Å². The van der Waals surface area contributed by atoms with E-state index < -0.39 is 27.8 Å². The number of hydrogen-bond donors (Lipinski definition) is 1. The summed E-state index contributed by atoms with van der Waals surface area (Å²) in [5, 5.41) is 1.62. The molecule has 4 aromatic carbocycles. The highest BCUT2D eigenvalue weighted by molar-refractivity contribution is 7.90. The number of sulfonamides is 1. The average molecular weight is 545 g/mol. The van der Waals surface area contributed by atoms with Gasteiger partial charge < -0.3 is 9.64 Å². The molecule has 0 saturated carbocycles. The van der Waals surface area contributed by atoms with Gasteiger partial charge in [-0.1, -0.05) is 60.7 Å². The van der Waals surface area contributed by atoms with Crippen LogP contribution in [0.2, 0.25) is 0 Å². The number of benzene rings is 4. The zero-order valence-corrected chi connectivity index (χ0v) is 22.9. The summed E-state index contributed by atoms with van der Waals surface area (Å²) in [5.74, 6) is -1.72. The summed E-state index contributed by atoms with van der Waals surface area (Å²) in [6.45, 7) is 2.16. The number of para-hydroxylation sites is 1. The standard InChI is InChI=1S/C31H32N2O5S/c1-3-33(26-13-5-4-6-14-26)31(35)29(15-9-10-23-16-19-27(38-2)20-17-23)30(34)32-39(36,37)28-21-18-24-11-7-8-12-25(24)22-28/h4-8,11-14,16-22,29H,3,9-10,15H2,1-2H3,(H,32,34).